The Hall–Kier alpha value is -1.06. The molecule has 0 aliphatic heterocycles. The summed E-state index contributed by atoms with van der Waals surface area (Å²) >= 11 is 2.43. The summed E-state index contributed by atoms with van der Waals surface area (Å²) in [7, 11) is -2.65. The van der Waals surface area contributed by atoms with E-state index in [1.165, 1.54) is 33.4 Å². The monoisotopic (exact) mass is 686 g/mol. The van der Waals surface area contributed by atoms with Crippen LogP contribution < -0.4 is 52.8 Å². The van der Waals surface area contributed by atoms with Gasteiger partial charge in [-0.25, -0.2) is 0 Å². The number of hydrogen-bond donors (Lipinski definition) is 0. The maximum absolute atomic E-state index is 2.65. The standard InChI is InChI=1S/C38H49Si.3ClH.Ti/c1-9-28-18-29(10-2)22-34(21-28)39(38-17-15-16-37(38)27(7)8,35-23-30(11-3)19-31(12-4)24-35)36-25-32(13-5)20-33(14-6)26-36;;;;/h16,18-27H,9-15H2,1-8H3;3*1H;/q;;;;+3/p-3. The van der Waals surface area contributed by atoms with Gasteiger partial charge in [-0.2, -0.15) is 0 Å². The average Bonchev–Trinajstić information content (AvgIpc) is 3.38. The van der Waals surface area contributed by atoms with Crippen LogP contribution in [-0.2, 0) is 59.0 Å². The van der Waals surface area contributed by atoms with Crippen molar-refractivity contribution < 1.29 is 57.7 Å². The van der Waals surface area contributed by atoms with Gasteiger partial charge in [0.1, 0.15) is 0 Å². The van der Waals surface area contributed by atoms with E-state index < -0.39 is 8.07 Å². The summed E-state index contributed by atoms with van der Waals surface area (Å²) in [4.78, 5) is 0. The Labute approximate surface area is 294 Å². The smallest absolute Gasteiger partial charge is 1.00 e. The molecular weight excluding hydrogens is 639 g/mol. The van der Waals surface area contributed by atoms with E-state index in [4.69, 9.17) is 0 Å². The van der Waals surface area contributed by atoms with Crippen molar-refractivity contribution in [3.63, 3.8) is 0 Å². The van der Waals surface area contributed by atoms with Gasteiger partial charge in [-0.1, -0.05) is 0 Å². The Kier molecular flexibility index (Phi) is 16.3. The summed E-state index contributed by atoms with van der Waals surface area (Å²) in [6.45, 7) is 18.7. The second-order valence-corrected chi connectivity index (χ2v) is 16.5. The fourth-order valence-corrected chi connectivity index (χ4v) is 13.6. The SMILES string of the molecule is CCc1cc(CC)cc([Si](C2=[C]([Ti+3])CC=C2C(C)C)(c2cc(CC)cc(CC)c2)c2cc(CC)cc(CC)c2)c1.[Cl-].[Cl-].[Cl-]. The van der Waals surface area contributed by atoms with Gasteiger partial charge in [0.15, 0.2) is 0 Å². The first-order valence-corrected chi connectivity index (χ1v) is 18.6. The first kappa shape index (κ1) is 40.0. The molecule has 0 heterocycles. The van der Waals surface area contributed by atoms with Gasteiger partial charge in [0.05, 0.1) is 0 Å². The molecule has 0 nitrogen and oxygen atoms in total. The molecule has 0 unspecified atom stereocenters. The van der Waals surface area contributed by atoms with Crippen LogP contribution in [0.25, 0.3) is 0 Å². The number of rotatable bonds is 11. The predicted molar refractivity (Wildman–Crippen MR) is 175 cm³/mol. The summed E-state index contributed by atoms with van der Waals surface area (Å²) in [5.74, 6) is 0.499. The van der Waals surface area contributed by atoms with Crippen molar-refractivity contribution in [3.8, 4) is 0 Å². The van der Waals surface area contributed by atoms with Crippen molar-refractivity contribution in [2.75, 3.05) is 0 Å². The topological polar surface area (TPSA) is 0 Å². The summed E-state index contributed by atoms with van der Waals surface area (Å²) in [6.07, 6.45) is 10.1. The first-order chi connectivity index (χ1) is 19.2. The molecule has 0 aromatic heterocycles. The Balaban J connectivity index is 0.00000308. The van der Waals surface area contributed by atoms with Gasteiger partial charge in [-0.15, -0.1) is 0 Å². The van der Waals surface area contributed by atoms with Gasteiger partial charge in [0.25, 0.3) is 0 Å². The molecule has 0 saturated heterocycles. The van der Waals surface area contributed by atoms with Gasteiger partial charge in [-0.05, 0) is 0 Å². The normalized spacial score (nSPS) is 13.0. The quantitative estimate of drug-likeness (QED) is 0.177. The van der Waals surface area contributed by atoms with Crippen LogP contribution in [-0.4, -0.2) is 8.07 Å². The Bertz CT molecular complexity index is 1240. The van der Waals surface area contributed by atoms with Crippen molar-refractivity contribution in [1.82, 2.24) is 0 Å². The third kappa shape index (κ3) is 8.03. The number of benzene rings is 3. The molecule has 0 saturated carbocycles. The number of allylic oxidation sites excluding steroid dienone is 4. The van der Waals surface area contributed by atoms with E-state index in [9.17, 15) is 0 Å². The van der Waals surface area contributed by atoms with Crippen molar-refractivity contribution in [2.24, 2.45) is 5.92 Å². The molecule has 3 aromatic rings. The molecule has 1 aliphatic carbocycles. The summed E-state index contributed by atoms with van der Waals surface area (Å²) < 4.78 is 1.58. The van der Waals surface area contributed by atoms with Crippen LogP contribution in [0.1, 0.15) is 95.2 Å². The summed E-state index contributed by atoms with van der Waals surface area (Å²) in [5.41, 5.74) is 10.4. The maximum Gasteiger partial charge on any atom is -1.00 e. The second-order valence-electron chi connectivity index (χ2n) is 11.9. The zero-order valence-corrected chi connectivity index (χ0v) is 32.3. The van der Waals surface area contributed by atoms with Gasteiger partial charge >= 0.3 is 259 Å². The van der Waals surface area contributed by atoms with Crippen LogP contribution in [0.3, 0.4) is 0 Å². The van der Waals surface area contributed by atoms with Crippen molar-refractivity contribution >= 4 is 23.6 Å². The minimum absolute atomic E-state index is 0. The number of hydrogen-bond acceptors (Lipinski definition) is 0. The Morgan fingerprint density at radius 2 is 0.814 bits per heavy atom. The number of aryl methyl sites for hydroxylation is 6. The van der Waals surface area contributed by atoms with Gasteiger partial charge < -0.3 is 37.2 Å². The van der Waals surface area contributed by atoms with Crippen LogP contribution in [0.5, 0.6) is 0 Å². The molecule has 0 radical (unpaired) electrons. The molecule has 0 bridgehead atoms. The molecule has 0 atom stereocenters. The molecule has 43 heavy (non-hydrogen) atoms. The van der Waals surface area contributed by atoms with E-state index in [0.29, 0.717) is 5.92 Å². The van der Waals surface area contributed by atoms with Crippen molar-refractivity contribution in [1.29, 1.82) is 0 Å². The molecule has 230 valence electrons. The predicted octanol–water partition coefficient (Wildman–Crippen LogP) is -1.13. The molecule has 5 heteroatoms. The minimum atomic E-state index is -2.65. The molecule has 0 fully saturated rings. The second kappa shape index (κ2) is 17.6. The zero-order valence-electron chi connectivity index (χ0n) is 27.4. The zero-order chi connectivity index (χ0) is 29.0. The largest absolute Gasteiger partial charge is 1.00 e. The van der Waals surface area contributed by atoms with Gasteiger partial charge in [-0.3, -0.25) is 0 Å². The molecule has 0 amide bonds. The molecule has 1 aliphatic rings. The van der Waals surface area contributed by atoms with E-state index in [0.717, 1.165) is 44.9 Å². The van der Waals surface area contributed by atoms with Crippen LogP contribution >= 0.6 is 0 Å². The van der Waals surface area contributed by atoms with E-state index in [2.05, 4.69) is 136 Å². The van der Waals surface area contributed by atoms with E-state index in [-0.39, 0.29) is 37.2 Å². The van der Waals surface area contributed by atoms with Crippen molar-refractivity contribution in [3.05, 3.63) is 109 Å². The Morgan fingerprint density at radius 3 is 1.05 bits per heavy atom. The van der Waals surface area contributed by atoms with Crippen LogP contribution in [0.15, 0.2) is 75.3 Å². The molecule has 3 aromatic carbocycles. The molecule has 0 spiro atoms. The number of halogens is 3. The summed E-state index contributed by atoms with van der Waals surface area (Å²) in [5, 5.41) is 6.43. The van der Waals surface area contributed by atoms with E-state index in [1.54, 1.807) is 30.2 Å². The van der Waals surface area contributed by atoms with E-state index >= 15 is 0 Å². The van der Waals surface area contributed by atoms with Crippen LogP contribution in [0.2, 0.25) is 0 Å². The van der Waals surface area contributed by atoms with Crippen LogP contribution in [0, 0.1) is 5.92 Å². The first-order valence-electron chi connectivity index (χ1n) is 15.8. The average molecular weight is 688 g/mol. The third-order valence-corrected chi connectivity index (χ3v) is 14.9. The summed E-state index contributed by atoms with van der Waals surface area (Å²) in [6, 6.07) is 23.0. The third-order valence-electron chi connectivity index (χ3n) is 9.02. The molecular formula is C38H49Cl3SiTi. The van der Waals surface area contributed by atoms with Crippen LogP contribution in [0.4, 0.5) is 0 Å². The fraction of sp³-hybridized carbons (Fsp3) is 0.421. The van der Waals surface area contributed by atoms with Gasteiger partial charge in [0, 0.05) is 0 Å². The van der Waals surface area contributed by atoms with Crippen molar-refractivity contribution in [2.45, 2.75) is 100 Å². The molecule has 0 N–H and O–H groups in total. The Morgan fingerprint density at radius 1 is 0.535 bits per heavy atom. The molecule has 4 rings (SSSR count). The van der Waals surface area contributed by atoms with E-state index in [1.807, 2.05) is 0 Å². The van der Waals surface area contributed by atoms with Gasteiger partial charge in [0.2, 0.25) is 0 Å². The maximum atomic E-state index is 2.61. The fourth-order valence-electron chi connectivity index (χ4n) is 6.65. The minimum Gasteiger partial charge on any atom is -1.00 e.